The zero-order chi connectivity index (χ0) is 12.4. The Hall–Kier alpha value is -1.76. The molecule has 0 amide bonds. The van der Waals surface area contributed by atoms with Crippen molar-refractivity contribution < 1.29 is 4.74 Å². The molecular formula is C17H18O. The minimum atomic E-state index is 0.200. The molecule has 0 spiro atoms. The number of hydrogen-bond acceptors (Lipinski definition) is 1. The van der Waals surface area contributed by atoms with Gasteiger partial charge in [-0.1, -0.05) is 55.5 Å². The maximum Gasteiger partial charge on any atom is 0.124 e. The first kappa shape index (κ1) is 11.3. The number of hydrogen-bond donors (Lipinski definition) is 0. The Bertz CT molecular complexity index is 518. The molecule has 0 aliphatic carbocycles. The summed E-state index contributed by atoms with van der Waals surface area (Å²) in [5.74, 6) is 1.67. The van der Waals surface area contributed by atoms with Gasteiger partial charge in [0.15, 0.2) is 0 Å². The Morgan fingerprint density at radius 3 is 2.50 bits per heavy atom. The van der Waals surface area contributed by atoms with Crippen molar-refractivity contribution in [2.75, 3.05) is 0 Å². The summed E-state index contributed by atoms with van der Waals surface area (Å²) in [4.78, 5) is 0. The molecule has 3 rings (SSSR count). The van der Waals surface area contributed by atoms with Gasteiger partial charge in [0, 0.05) is 0 Å². The number of para-hydroxylation sites is 1. The molecule has 1 nitrogen and oxygen atoms in total. The fourth-order valence-electron chi connectivity index (χ4n) is 2.77. The van der Waals surface area contributed by atoms with Gasteiger partial charge in [-0.05, 0) is 36.0 Å². The lowest BCUT2D eigenvalue weighted by Crippen LogP contribution is -2.18. The topological polar surface area (TPSA) is 9.23 Å². The summed E-state index contributed by atoms with van der Waals surface area (Å²) < 4.78 is 6.15. The fourth-order valence-corrected chi connectivity index (χ4v) is 2.77. The maximum absolute atomic E-state index is 6.15. The Morgan fingerprint density at radius 2 is 1.72 bits per heavy atom. The third kappa shape index (κ3) is 2.01. The highest BCUT2D eigenvalue weighted by atomic mass is 16.5. The first-order valence-electron chi connectivity index (χ1n) is 6.69. The van der Waals surface area contributed by atoms with Crippen LogP contribution < -0.4 is 4.74 Å². The monoisotopic (exact) mass is 238 g/mol. The SMILES string of the molecule is CC[C@@H]1C[C@@H](c2ccccc2)Oc2ccccc21. The van der Waals surface area contributed by atoms with Crippen molar-refractivity contribution in [1.82, 2.24) is 0 Å². The highest BCUT2D eigenvalue weighted by Gasteiger charge is 2.27. The van der Waals surface area contributed by atoms with Gasteiger partial charge in [-0.2, -0.15) is 0 Å². The molecule has 2 aromatic carbocycles. The van der Waals surface area contributed by atoms with Gasteiger partial charge in [-0.15, -0.1) is 0 Å². The van der Waals surface area contributed by atoms with E-state index in [0.29, 0.717) is 5.92 Å². The summed E-state index contributed by atoms with van der Waals surface area (Å²) in [7, 11) is 0. The van der Waals surface area contributed by atoms with Crippen molar-refractivity contribution in [3.05, 3.63) is 65.7 Å². The molecule has 0 unspecified atom stereocenters. The van der Waals surface area contributed by atoms with E-state index in [1.165, 1.54) is 17.5 Å². The van der Waals surface area contributed by atoms with E-state index in [0.717, 1.165) is 12.2 Å². The first-order chi connectivity index (χ1) is 8.88. The molecule has 0 fully saturated rings. The van der Waals surface area contributed by atoms with Crippen LogP contribution >= 0.6 is 0 Å². The van der Waals surface area contributed by atoms with Gasteiger partial charge in [0.25, 0.3) is 0 Å². The highest BCUT2D eigenvalue weighted by molar-refractivity contribution is 5.39. The molecule has 0 radical (unpaired) electrons. The number of rotatable bonds is 2. The van der Waals surface area contributed by atoms with Crippen LogP contribution in [0.4, 0.5) is 0 Å². The predicted molar refractivity (Wildman–Crippen MR) is 73.9 cm³/mol. The molecule has 1 aliphatic heterocycles. The van der Waals surface area contributed by atoms with Gasteiger partial charge >= 0.3 is 0 Å². The van der Waals surface area contributed by atoms with Gasteiger partial charge in [0.05, 0.1) is 0 Å². The Balaban J connectivity index is 1.95. The quantitative estimate of drug-likeness (QED) is 0.736. The van der Waals surface area contributed by atoms with E-state index < -0.39 is 0 Å². The molecule has 18 heavy (non-hydrogen) atoms. The first-order valence-corrected chi connectivity index (χ1v) is 6.69. The molecule has 0 saturated heterocycles. The lowest BCUT2D eigenvalue weighted by atomic mass is 9.86. The number of fused-ring (bicyclic) bond motifs is 1. The second-order valence-corrected chi connectivity index (χ2v) is 4.90. The Kier molecular flexibility index (Phi) is 3.06. The minimum Gasteiger partial charge on any atom is -0.485 e. The third-order valence-corrected chi connectivity index (χ3v) is 3.79. The highest BCUT2D eigenvalue weighted by Crippen LogP contribution is 2.43. The molecule has 2 atom stereocenters. The van der Waals surface area contributed by atoms with E-state index in [9.17, 15) is 0 Å². The summed E-state index contributed by atoms with van der Waals surface area (Å²) in [6, 6.07) is 19.0. The second kappa shape index (κ2) is 4.85. The van der Waals surface area contributed by atoms with E-state index >= 15 is 0 Å². The van der Waals surface area contributed by atoms with Crippen LogP contribution in [-0.4, -0.2) is 0 Å². The van der Waals surface area contributed by atoms with Gasteiger partial charge in [-0.25, -0.2) is 0 Å². The van der Waals surface area contributed by atoms with E-state index in [1.54, 1.807) is 0 Å². The smallest absolute Gasteiger partial charge is 0.124 e. The summed E-state index contributed by atoms with van der Waals surface area (Å²) in [6.45, 7) is 2.26. The lowest BCUT2D eigenvalue weighted by molar-refractivity contribution is 0.159. The van der Waals surface area contributed by atoms with E-state index in [1.807, 2.05) is 0 Å². The van der Waals surface area contributed by atoms with Crippen LogP contribution in [0.15, 0.2) is 54.6 Å². The zero-order valence-corrected chi connectivity index (χ0v) is 10.7. The normalized spacial score (nSPS) is 22.1. The molecule has 0 saturated carbocycles. The van der Waals surface area contributed by atoms with Crippen molar-refractivity contribution >= 4 is 0 Å². The lowest BCUT2D eigenvalue weighted by Gasteiger charge is -2.32. The van der Waals surface area contributed by atoms with Crippen LogP contribution in [0.3, 0.4) is 0 Å². The molecule has 2 aromatic rings. The summed E-state index contributed by atoms with van der Waals surface area (Å²) in [5.41, 5.74) is 2.65. The van der Waals surface area contributed by atoms with E-state index in [2.05, 4.69) is 61.5 Å². The second-order valence-electron chi connectivity index (χ2n) is 4.90. The van der Waals surface area contributed by atoms with Crippen molar-refractivity contribution in [3.63, 3.8) is 0 Å². The summed E-state index contributed by atoms with van der Waals surface area (Å²) in [6.07, 6.45) is 2.45. The molecule has 1 heterocycles. The molecule has 1 aliphatic rings. The molecule has 1 heteroatoms. The molecule has 0 aromatic heterocycles. The van der Waals surface area contributed by atoms with Gasteiger partial charge in [-0.3, -0.25) is 0 Å². The Morgan fingerprint density at radius 1 is 1.00 bits per heavy atom. The van der Waals surface area contributed by atoms with Crippen molar-refractivity contribution in [3.8, 4) is 5.75 Å². The molecule has 0 N–H and O–H groups in total. The van der Waals surface area contributed by atoms with Crippen LogP contribution in [0.25, 0.3) is 0 Å². The fraction of sp³-hybridized carbons (Fsp3) is 0.294. The average Bonchev–Trinajstić information content (AvgIpc) is 2.47. The van der Waals surface area contributed by atoms with Gasteiger partial charge in [0.1, 0.15) is 11.9 Å². The van der Waals surface area contributed by atoms with Crippen LogP contribution in [0.5, 0.6) is 5.75 Å². The number of benzene rings is 2. The Labute approximate surface area is 108 Å². The number of ether oxygens (including phenoxy) is 1. The van der Waals surface area contributed by atoms with Crippen LogP contribution in [0.1, 0.15) is 42.9 Å². The predicted octanol–water partition coefficient (Wildman–Crippen LogP) is 4.70. The van der Waals surface area contributed by atoms with Crippen molar-refractivity contribution in [2.24, 2.45) is 0 Å². The van der Waals surface area contributed by atoms with Crippen LogP contribution in [0, 0.1) is 0 Å². The van der Waals surface area contributed by atoms with E-state index in [4.69, 9.17) is 4.74 Å². The van der Waals surface area contributed by atoms with Gasteiger partial charge in [0.2, 0.25) is 0 Å². The summed E-state index contributed by atoms with van der Waals surface area (Å²) in [5, 5.41) is 0. The van der Waals surface area contributed by atoms with Crippen molar-refractivity contribution in [2.45, 2.75) is 31.8 Å². The minimum absolute atomic E-state index is 0.200. The van der Waals surface area contributed by atoms with E-state index in [-0.39, 0.29) is 6.10 Å². The van der Waals surface area contributed by atoms with Crippen molar-refractivity contribution in [1.29, 1.82) is 0 Å². The largest absolute Gasteiger partial charge is 0.485 e. The van der Waals surface area contributed by atoms with Gasteiger partial charge < -0.3 is 4.74 Å². The summed E-state index contributed by atoms with van der Waals surface area (Å²) >= 11 is 0. The third-order valence-electron chi connectivity index (χ3n) is 3.79. The average molecular weight is 238 g/mol. The molecular weight excluding hydrogens is 220 g/mol. The van der Waals surface area contributed by atoms with Crippen LogP contribution in [-0.2, 0) is 0 Å². The van der Waals surface area contributed by atoms with Crippen LogP contribution in [0.2, 0.25) is 0 Å². The standard InChI is InChI=1S/C17H18O/c1-2-13-12-17(14-8-4-3-5-9-14)18-16-11-7-6-10-15(13)16/h3-11,13,17H,2,12H2,1H3/t13-,17+/m1/s1. The maximum atomic E-state index is 6.15. The molecule has 92 valence electrons. The molecule has 0 bridgehead atoms. The zero-order valence-electron chi connectivity index (χ0n) is 10.7.